The van der Waals surface area contributed by atoms with Crippen LogP contribution in [0.15, 0.2) is 67.0 Å². The van der Waals surface area contributed by atoms with Crippen LogP contribution >= 0.6 is 0 Å². The van der Waals surface area contributed by atoms with Gasteiger partial charge in [-0.1, -0.05) is 80.4 Å². The fourth-order valence-electron chi connectivity index (χ4n) is 6.26. The van der Waals surface area contributed by atoms with Crippen LogP contribution in [0.25, 0.3) is 11.3 Å². The van der Waals surface area contributed by atoms with E-state index in [0.717, 1.165) is 48.9 Å². The number of nitrogens with one attached hydrogen (secondary N) is 1. The molecule has 0 spiro atoms. The van der Waals surface area contributed by atoms with Crippen molar-refractivity contribution in [3.63, 3.8) is 0 Å². The van der Waals surface area contributed by atoms with Gasteiger partial charge in [-0.25, -0.2) is 9.78 Å². The van der Waals surface area contributed by atoms with Crippen LogP contribution in [-0.2, 0) is 11.2 Å². The van der Waals surface area contributed by atoms with Crippen LogP contribution in [0.3, 0.4) is 0 Å². The van der Waals surface area contributed by atoms with Gasteiger partial charge in [0.1, 0.15) is 0 Å². The standard InChI is InChI=1S/C32H39N5O4/c1-2-11-28(38)34-26-16-9-10-17-27(26)37-22-33-29(30(37)24-14-7-4-8-15-24)31(39)36-19-18-35(32(40)41)21-25(36)20-23-12-5-3-6-13-23/h3-8,12-15,22,25-27H,2,9-11,16-21H2,1H3,(H,34,38)(H,40,41)/t25-,26-,27+/m1/s1. The summed E-state index contributed by atoms with van der Waals surface area (Å²) in [6.07, 6.45) is 6.46. The van der Waals surface area contributed by atoms with Crippen LogP contribution in [0.4, 0.5) is 4.79 Å². The molecule has 2 aromatic carbocycles. The lowest BCUT2D eigenvalue weighted by Gasteiger charge is -2.40. The van der Waals surface area contributed by atoms with E-state index in [2.05, 4.69) is 9.88 Å². The lowest BCUT2D eigenvalue weighted by molar-refractivity contribution is -0.122. The maximum absolute atomic E-state index is 14.3. The summed E-state index contributed by atoms with van der Waals surface area (Å²) in [5.74, 6) is -0.141. The maximum Gasteiger partial charge on any atom is 0.407 e. The highest BCUT2D eigenvalue weighted by atomic mass is 16.4. The second-order valence-corrected chi connectivity index (χ2v) is 11.1. The van der Waals surface area contributed by atoms with E-state index in [-0.39, 0.29) is 43.0 Å². The topological polar surface area (TPSA) is 108 Å². The molecule has 3 amide bonds. The van der Waals surface area contributed by atoms with Crippen molar-refractivity contribution in [2.75, 3.05) is 19.6 Å². The third kappa shape index (κ3) is 6.45. The molecule has 1 aliphatic carbocycles. The van der Waals surface area contributed by atoms with Crippen molar-refractivity contribution in [3.05, 3.63) is 78.2 Å². The molecule has 2 fully saturated rings. The van der Waals surface area contributed by atoms with E-state index >= 15 is 0 Å². The Kier molecular flexibility index (Phi) is 9.01. The van der Waals surface area contributed by atoms with Crippen molar-refractivity contribution >= 4 is 17.9 Å². The molecule has 3 aromatic rings. The molecule has 2 aliphatic rings. The lowest BCUT2D eigenvalue weighted by Crippen LogP contribution is -2.57. The molecule has 1 saturated carbocycles. The van der Waals surface area contributed by atoms with Crippen LogP contribution in [0.1, 0.15) is 67.5 Å². The van der Waals surface area contributed by atoms with Crippen LogP contribution in [-0.4, -0.2) is 74.1 Å². The molecule has 3 atom stereocenters. The zero-order valence-electron chi connectivity index (χ0n) is 23.6. The number of rotatable bonds is 8. The molecule has 0 radical (unpaired) electrons. The van der Waals surface area contributed by atoms with Crippen LogP contribution in [0.5, 0.6) is 0 Å². The summed E-state index contributed by atoms with van der Waals surface area (Å²) in [5.41, 5.74) is 3.05. The van der Waals surface area contributed by atoms with Crippen molar-refractivity contribution in [1.82, 2.24) is 24.7 Å². The minimum Gasteiger partial charge on any atom is -0.465 e. The summed E-state index contributed by atoms with van der Waals surface area (Å²) in [6.45, 7) is 2.79. The SMILES string of the molecule is CCCC(=O)N[C@@H]1CCCC[C@@H]1n1cnc(C(=O)N2CCN(C(=O)O)C[C@H]2Cc2ccccc2)c1-c1ccccc1. The minimum atomic E-state index is -0.974. The molecule has 1 aromatic heterocycles. The van der Waals surface area contributed by atoms with Crippen molar-refractivity contribution < 1.29 is 19.5 Å². The molecule has 41 heavy (non-hydrogen) atoms. The first-order valence-electron chi connectivity index (χ1n) is 14.7. The second-order valence-electron chi connectivity index (χ2n) is 11.1. The zero-order chi connectivity index (χ0) is 28.8. The number of amides is 3. The number of nitrogens with zero attached hydrogens (tertiary/aromatic N) is 4. The smallest absolute Gasteiger partial charge is 0.407 e. The molecule has 2 heterocycles. The second kappa shape index (κ2) is 13.0. The summed E-state index contributed by atoms with van der Waals surface area (Å²) in [4.78, 5) is 46.7. The molecule has 9 nitrogen and oxygen atoms in total. The van der Waals surface area contributed by atoms with Crippen molar-refractivity contribution in [2.45, 2.75) is 70.0 Å². The number of imidazole rings is 1. The normalized spacial score (nSPS) is 21.0. The van der Waals surface area contributed by atoms with Gasteiger partial charge in [-0.3, -0.25) is 9.59 Å². The Balaban J connectivity index is 1.50. The number of aromatic nitrogens is 2. The van der Waals surface area contributed by atoms with Crippen molar-refractivity contribution in [3.8, 4) is 11.3 Å². The van der Waals surface area contributed by atoms with Crippen LogP contribution < -0.4 is 5.32 Å². The summed E-state index contributed by atoms with van der Waals surface area (Å²) in [5, 5.41) is 13.0. The number of hydrogen-bond acceptors (Lipinski definition) is 4. The monoisotopic (exact) mass is 557 g/mol. The number of hydrogen-bond donors (Lipinski definition) is 2. The predicted molar refractivity (Wildman–Crippen MR) is 157 cm³/mol. The average Bonchev–Trinajstić information content (AvgIpc) is 3.43. The summed E-state index contributed by atoms with van der Waals surface area (Å²) >= 11 is 0. The Bertz CT molecular complexity index is 1340. The lowest BCUT2D eigenvalue weighted by atomic mass is 9.89. The molecule has 0 bridgehead atoms. The molecule has 216 valence electrons. The van der Waals surface area contributed by atoms with Gasteiger partial charge < -0.3 is 24.8 Å². The molecule has 0 unspecified atom stereocenters. The summed E-state index contributed by atoms with van der Waals surface area (Å²) in [7, 11) is 0. The molecule has 9 heteroatoms. The third-order valence-corrected chi connectivity index (χ3v) is 8.28. The fraction of sp³-hybridized carbons (Fsp3) is 0.438. The Morgan fingerprint density at radius 3 is 2.39 bits per heavy atom. The molecular weight excluding hydrogens is 518 g/mol. The van der Waals surface area contributed by atoms with Gasteiger partial charge >= 0.3 is 6.09 Å². The van der Waals surface area contributed by atoms with Crippen LogP contribution in [0, 0.1) is 0 Å². The number of carbonyl (C=O) groups is 3. The van der Waals surface area contributed by atoms with Gasteiger partial charge in [0, 0.05) is 37.7 Å². The van der Waals surface area contributed by atoms with Gasteiger partial charge in [-0.15, -0.1) is 0 Å². The first-order chi connectivity index (χ1) is 20.0. The number of benzene rings is 2. The van der Waals surface area contributed by atoms with Gasteiger partial charge in [0.15, 0.2) is 5.69 Å². The van der Waals surface area contributed by atoms with Gasteiger partial charge in [0.25, 0.3) is 5.91 Å². The zero-order valence-corrected chi connectivity index (χ0v) is 23.6. The predicted octanol–water partition coefficient (Wildman–Crippen LogP) is 5.00. The molecular formula is C32H39N5O4. The fourth-order valence-corrected chi connectivity index (χ4v) is 6.26. The molecule has 2 N–H and O–H groups in total. The van der Waals surface area contributed by atoms with Gasteiger partial charge in [-0.05, 0) is 31.2 Å². The van der Waals surface area contributed by atoms with E-state index in [9.17, 15) is 19.5 Å². The molecule has 1 saturated heterocycles. The van der Waals surface area contributed by atoms with Crippen LogP contribution in [0.2, 0.25) is 0 Å². The minimum absolute atomic E-state index is 0.0159. The Hall–Kier alpha value is -4.14. The van der Waals surface area contributed by atoms with Gasteiger partial charge in [0.05, 0.1) is 24.1 Å². The number of piperazine rings is 1. The molecule has 5 rings (SSSR count). The summed E-state index contributed by atoms with van der Waals surface area (Å²) < 4.78 is 2.10. The number of carbonyl (C=O) groups excluding carboxylic acids is 2. The number of carboxylic acid groups (broad SMARTS) is 1. The van der Waals surface area contributed by atoms with Crippen molar-refractivity contribution in [1.29, 1.82) is 0 Å². The van der Waals surface area contributed by atoms with Crippen molar-refractivity contribution in [2.24, 2.45) is 0 Å². The quantitative estimate of drug-likeness (QED) is 0.405. The Morgan fingerprint density at radius 2 is 1.68 bits per heavy atom. The van der Waals surface area contributed by atoms with E-state index in [1.54, 1.807) is 11.2 Å². The van der Waals surface area contributed by atoms with Gasteiger partial charge in [-0.2, -0.15) is 0 Å². The average molecular weight is 558 g/mol. The first kappa shape index (κ1) is 28.4. The third-order valence-electron chi connectivity index (χ3n) is 8.28. The van der Waals surface area contributed by atoms with E-state index < -0.39 is 6.09 Å². The highest BCUT2D eigenvalue weighted by Crippen LogP contribution is 2.35. The highest BCUT2D eigenvalue weighted by Gasteiger charge is 2.37. The van der Waals surface area contributed by atoms with E-state index in [0.29, 0.717) is 25.1 Å². The van der Waals surface area contributed by atoms with E-state index in [1.807, 2.05) is 67.6 Å². The summed E-state index contributed by atoms with van der Waals surface area (Å²) in [6, 6.07) is 19.3. The Morgan fingerprint density at radius 1 is 0.976 bits per heavy atom. The largest absolute Gasteiger partial charge is 0.465 e. The van der Waals surface area contributed by atoms with E-state index in [1.165, 1.54) is 4.90 Å². The van der Waals surface area contributed by atoms with E-state index in [4.69, 9.17) is 4.98 Å². The Labute approximate surface area is 241 Å². The maximum atomic E-state index is 14.3. The highest BCUT2D eigenvalue weighted by molar-refractivity contribution is 5.98. The molecule has 1 aliphatic heterocycles. The van der Waals surface area contributed by atoms with Gasteiger partial charge in [0.2, 0.25) is 5.91 Å². The first-order valence-corrected chi connectivity index (χ1v) is 14.7.